The molecule has 0 radical (unpaired) electrons. The number of hydrogen-bond donors (Lipinski definition) is 1. The number of nitrogens with zero attached hydrogens (tertiary/aromatic N) is 1. The van der Waals surface area contributed by atoms with Gasteiger partial charge in [-0.2, -0.15) is 0 Å². The van der Waals surface area contributed by atoms with Gasteiger partial charge in [0.25, 0.3) is 6.43 Å². The van der Waals surface area contributed by atoms with E-state index in [2.05, 4.69) is 26.1 Å². The largest absolute Gasteiger partial charge is 0.314 e. The molecule has 1 fully saturated rings. The standard InChI is InChI=1S/C15H30F2N2/c1-12(2)18-10-15(7-5-6-13(3)8-15)11-19(4)9-14(16)17/h12-14,18H,5-11H2,1-4H3. The Morgan fingerprint density at radius 1 is 1.37 bits per heavy atom. The van der Waals surface area contributed by atoms with Crippen LogP contribution in [0.4, 0.5) is 8.78 Å². The molecule has 0 heterocycles. The zero-order valence-electron chi connectivity index (χ0n) is 12.9. The predicted molar refractivity (Wildman–Crippen MR) is 76.7 cm³/mol. The Morgan fingerprint density at radius 2 is 2.05 bits per heavy atom. The van der Waals surface area contributed by atoms with Gasteiger partial charge >= 0.3 is 0 Å². The Morgan fingerprint density at radius 3 is 2.58 bits per heavy atom. The van der Waals surface area contributed by atoms with Gasteiger partial charge in [0.15, 0.2) is 0 Å². The Kier molecular flexibility index (Phi) is 6.67. The SMILES string of the molecule is CC1CCCC(CNC(C)C)(CN(C)CC(F)F)C1. The second-order valence-electron chi connectivity index (χ2n) is 6.82. The average molecular weight is 276 g/mol. The van der Waals surface area contributed by atoms with E-state index >= 15 is 0 Å². The molecule has 0 aliphatic heterocycles. The molecule has 2 nitrogen and oxygen atoms in total. The quantitative estimate of drug-likeness (QED) is 0.767. The molecule has 1 aliphatic rings. The third-order valence-electron chi connectivity index (χ3n) is 4.13. The van der Waals surface area contributed by atoms with E-state index in [-0.39, 0.29) is 12.0 Å². The van der Waals surface area contributed by atoms with E-state index < -0.39 is 6.43 Å². The normalized spacial score (nSPS) is 28.6. The lowest BCUT2D eigenvalue weighted by Crippen LogP contribution is -2.47. The molecule has 4 heteroatoms. The number of hydrogen-bond acceptors (Lipinski definition) is 2. The van der Waals surface area contributed by atoms with Gasteiger partial charge in [0.2, 0.25) is 0 Å². The molecule has 19 heavy (non-hydrogen) atoms. The van der Waals surface area contributed by atoms with Crippen LogP contribution in [0.3, 0.4) is 0 Å². The third-order valence-corrected chi connectivity index (χ3v) is 4.13. The van der Waals surface area contributed by atoms with E-state index in [1.54, 1.807) is 0 Å². The Bertz CT molecular complexity index is 259. The lowest BCUT2D eigenvalue weighted by molar-refractivity contribution is 0.0490. The Labute approximate surface area is 116 Å². The molecule has 1 N–H and O–H groups in total. The first-order valence-corrected chi connectivity index (χ1v) is 7.53. The minimum atomic E-state index is -2.24. The molecular formula is C15H30F2N2. The number of alkyl halides is 2. The molecule has 0 spiro atoms. The summed E-state index contributed by atoms with van der Waals surface area (Å²) in [5.41, 5.74) is 0.172. The van der Waals surface area contributed by atoms with Gasteiger partial charge in [-0.05, 0) is 31.2 Å². The van der Waals surface area contributed by atoms with Crippen molar-refractivity contribution in [3.8, 4) is 0 Å². The highest BCUT2D eigenvalue weighted by Gasteiger charge is 2.36. The van der Waals surface area contributed by atoms with Crippen molar-refractivity contribution in [2.45, 2.75) is 58.9 Å². The van der Waals surface area contributed by atoms with E-state index in [9.17, 15) is 8.78 Å². The van der Waals surface area contributed by atoms with E-state index in [1.807, 2.05) is 11.9 Å². The van der Waals surface area contributed by atoms with Crippen LogP contribution in [-0.4, -0.2) is 44.0 Å². The van der Waals surface area contributed by atoms with Gasteiger partial charge in [0.1, 0.15) is 0 Å². The molecule has 0 bridgehead atoms. The first-order valence-electron chi connectivity index (χ1n) is 7.53. The van der Waals surface area contributed by atoms with Crippen LogP contribution >= 0.6 is 0 Å². The summed E-state index contributed by atoms with van der Waals surface area (Å²) in [5, 5.41) is 3.52. The van der Waals surface area contributed by atoms with Gasteiger partial charge in [-0.1, -0.05) is 33.6 Å². The minimum absolute atomic E-state index is 0.113. The lowest BCUT2D eigenvalue weighted by Gasteiger charge is -2.43. The van der Waals surface area contributed by atoms with Crippen molar-refractivity contribution in [3.63, 3.8) is 0 Å². The molecular weight excluding hydrogens is 246 g/mol. The second-order valence-corrected chi connectivity index (χ2v) is 6.82. The predicted octanol–water partition coefficient (Wildman–Crippen LogP) is 3.38. The topological polar surface area (TPSA) is 15.3 Å². The maximum Gasteiger partial charge on any atom is 0.251 e. The van der Waals surface area contributed by atoms with Gasteiger partial charge in [0, 0.05) is 19.1 Å². The Hall–Kier alpha value is -0.220. The Balaban J connectivity index is 2.62. The maximum atomic E-state index is 12.5. The molecule has 0 aromatic rings. The fourth-order valence-electron chi connectivity index (χ4n) is 3.42. The van der Waals surface area contributed by atoms with Crippen molar-refractivity contribution in [2.75, 3.05) is 26.7 Å². The van der Waals surface area contributed by atoms with Crippen molar-refractivity contribution in [1.29, 1.82) is 0 Å². The van der Waals surface area contributed by atoms with Crippen LogP contribution in [0.5, 0.6) is 0 Å². The summed E-state index contributed by atoms with van der Waals surface area (Å²) in [7, 11) is 1.82. The van der Waals surface area contributed by atoms with E-state index in [0.29, 0.717) is 12.0 Å². The van der Waals surface area contributed by atoms with Crippen LogP contribution in [0.2, 0.25) is 0 Å². The van der Waals surface area contributed by atoms with Gasteiger partial charge in [0.05, 0.1) is 6.54 Å². The van der Waals surface area contributed by atoms with Crippen molar-refractivity contribution in [2.24, 2.45) is 11.3 Å². The zero-order chi connectivity index (χ0) is 14.5. The highest BCUT2D eigenvalue weighted by Crippen LogP contribution is 2.39. The van der Waals surface area contributed by atoms with E-state index in [4.69, 9.17) is 0 Å². The highest BCUT2D eigenvalue weighted by molar-refractivity contribution is 4.90. The summed E-state index contributed by atoms with van der Waals surface area (Å²) < 4.78 is 25.0. The molecule has 1 saturated carbocycles. The van der Waals surface area contributed by atoms with Crippen LogP contribution in [0.15, 0.2) is 0 Å². The molecule has 0 amide bonds. The molecule has 114 valence electrons. The molecule has 2 unspecified atom stereocenters. The van der Waals surface area contributed by atoms with Gasteiger partial charge in [-0.25, -0.2) is 8.78 Å². The number of halogens is 2. The summed E-state index contributed by atoms with van der Waals surface area (Å²) in [6, 6.07) is 0.453. The molecule has 1 aliphatic carbocycles. The van der Waals surface area contributed by atoms with Crippen molar-refractivity contribution in [1.82, 2.24) is 10.2 Å². The van der Waals surface area contributed by atoms with Gasteiger partial charge in [-0.15, -0.1) is 0 Å². The van der Waals surface area contributed by atoms with Gasteiger partial charge in [-0.3, -0.25) is 0 Å². The van der Waals surface area contributed by atoms with Crippen LogP contribution in [0.1, 0.15) is 46.5 Å². The average Bonchev–Trinajstić information content (AvgIpc) is 2.25. The monoisotopic (exact) mass is 276 g/mol. The van der Waals surface area contributed by atoms with Crippen LogP contribution in [0.25, 0.3) is 0 Å². The first-order chi connectivity index (χ1) is 8.83. The molecule has 0 aromatic heterocycles. The summed E-state index contributed by atoms with van der Waals surface area (Å²) in [6.07, 6.45) is 2.58. The maximum absolute atomic E-state index is 12.5. The summed E-state index contributed by atoms with van der Waals surface area (Å²) in [4.78, 5) is 1.81. The first kappa shape index (κ1) is 16.8. The minimum Gasteiger partial charge on any atom is -0.314 e. The zero-order valence-corrected chi connectivity index (χ0v) is 12.9. The number of nitrogens with one attached hydrogen (secondary N) is 1. The van der Waals surface area contributed by atoms with Crippen molar-refractivity contribution in [3.05, 3.63) is 0 Å². The molecule has 0 saturated heterocycles. The summed E-state index contributed by atoms with van der Waals surface area (Å²) in [5.74, 6) is 0.711. The van der Waals surface area contributed by atoms with E-state index in [0.717, 1.165) is 25.9 Å². The van der Waals surface area contributed by atoms with Crippen LogP contribution in [-0.2, 0) is 0 Å². The van der Waals surface area contributed by atoms with Crippen molar-refractivity contribution >= 4 is 0 Å². The van der Waals surface area contributed by atoms with Crippen molar-refractivity contribution < 1.29 is 8.78 Å². The van der Waals surface area contributed by atoms with Crippen LogP contribution < -0.4 is 5.32 Å². The second kappa shape index (κ2) is 7.53. The fourth-order valence-corrected chi connectivity index (χ4v) is 3.42. The third kappa shape index (κ3) is 6.17. The molecule has 0 aromatic carbocycles. The summed E-state index contributed by atoms with van der Waals surface area (Å²) in [6.45, 7) is 8.18. The smallest absolute Gasteiger partial charge is 0.251 e. The summed E-state index contributed by atoms with van der Waals surface area (Å²) >= 11 is 0. The number of rotatable bonds is 7. The fraction of sp³-hybridized carbons (Fsp3) is 1.00. The molecule has 1 rings (SSSR count). The lowest BCUT2D eigenvalue weighted by atomic mass is 9.69. The van der Waals surface area contributed by atoms with E-state index in [1.165, 1.54) is 12.8 Å². The van der Waals surface area contributed by atoms with Gasteiger partial charge < -0.3 is 10.2 Å². The van der Waals surface area contributed by atoms with Crippen LogP contribution in [0, 0.1) is 11.3 Å². The molecule has 2 atom stereocenters. The highest BCUT2D eigenvalue weighted by atomic mass is 19.3.